The molecule has 0 spiro atoms. The molecular weight excluding hydrogens is 178 g/mol. The van der Waals surface area contributed by atoms with Crippen molar-refractivity contribution in [3.8, 4) is 11.8 Å². The van der Waals surface area contributed by atoms with E-state index in [-0.39, 0.29) is 12.5 Å². The van der Waals surface area contributed by atoms with Crippen molar-refractivity contribution in [3.05, 3.63) is 0 Å². The average molecular weight is 197 g/mol. The fourth-order valence-electron chi connectivity index (χ4n) is 1.33. The van der Waals surface area contributed by atoms with E-state index in [1.54, 1.807) is 6.92 Å². The molecule has 0 rings (SSSR count). The number of carbonyl (C=O) groups excluding carboxylic acids is 1. The van der Waals surface area contributed by atoms with E-state index in [2.05, 4.69) is 24.1 Å². The molecule has 2 N–H and O–H groups in total. The number of aliphatic hydroxyl groups is 1. The van der Waals surface area contributed by atoms with Crippen LogP contribution in [-0.2, 0) is 4.79 Å². The Kier molecular flexibility index (Phi) is 7.96. The monoisotopic (exact) mass is 197 g/mol. The SMILES string of the molecule is CC#CC(=O)NCC(CCC)CCO. The van der Waals surface area contributed by atoms with Crippen LogP contribution >= 0.6 is 0 Å². The number of rotatable bonds is 6. The molecule has 0 saturated heterocycles. The highest BCUT2D eigenvalue weighted by atomic mass is 16.3. The summed E-state index contributed by atoms with van der Waals surface area (Å²) in [4.78, 5) is 11.0. The highest BCUT2D eigenvalue weighted by Crippen LogP contribution is 2.08. The van der Waals surface area contributed by atoms with Crippen molar-refractivity contribution in [2.45, 2.75) is 33.1 Å². The second-order valence-electron chi connectivity index (χ2n) is 3.25. The molecule has 1 unspecified atom stereocenters. The van der Waals surface area contributed by atoms with E-state index in [4.69, 9.17) is 5.11 Å². The van der Waals surface area contributed by atoms with Gasteiger partial charge in [0, 0.05) is 13.2 Å². The lowest BCUT2D eigenvalue weighted by molar-refractivity contribution is -0.115. The Labute approximate surface area is 85.9 Å². The summed E-state index contributed by atoms with van der Waals surface area (Å²) in [6.45, 7) is 4.52. The number of nitrogens with one attached hydrogen (secondary N) is 1. The molecule has 80 valence electrons. The topological polar surface area (TPSA) is 49.3 Å². The highest BCUT2D eigenvalue weighted by molar-refractivity contribution is 5.93. The molecule has 0 aliphatic carbocycles. The Bertz CT molecular complexity index is 209. The molecule has 3 heteroatoms. The van der Waals surface area contributed by atoms with Gasteiger partial charge in [0.25, 0.3) is 5.91 Å². The predicted molar refractivity (Wildman–Crippen MR) is 56.6 cm³/mol. The van der Waals surface area contributed by atoms with Crippen LogP contribution in [0.25, 0.3) is 0 Å². The first-order valence-electron chi connectivity index (χ1n) is 5.06. The smallest absolute Gasteiger partial charge is 0.295 e. The summed E-state index contributed by atoms with van der Waals surface area (Å²) < 4.78 is 0. The highest BCUT2D eigenvalue weighted by Gasteiger charge is 2.07. The van der Waals surface area contributed by atoms with Crippen molar-refractivity contribution < 1.29 is 9.90 Å². The Morgan fingerprint density at radius 3 is 2.71 bits per heavy atom. The van der Waals surface area contributed by atoms with E-state index in [9.17, 15) is 4.79 Å². The van der Waals surface area contributed by atoms with Crippen molar-refractivity contribution in [2.24, 2.45) is 5.92 Å². The van der Waals surface area contributed by atoms with Gasteiger partial charge in [-0.3, -0.25) is 4.79 Å². The lowest BCUT2D eigenvalue weighted by Crippen LogP contribution is -2.28. The Balaban J connectivity index is 3.78. The van der Waals surface area contributed by atoms with Crippen LogP contribution in [0.5, 0.6) is 0 Å². The first-order valence-corrected chi connectivity index (χ1v) is 5.06. The maximum Gasteiger partial charge on any atom is 0.295 e. The second-order valence-corrected chi connectivity index (χ2v) is 3.25. The minimum Gasteiger partial charge on any atom is -0.396 e. The Morgan fingerprint density at radius 1 is 1.50 bits per heavy atom. The second kappa shape index (κ2) is 8.58. The molecule has 0 aromatic rings. The molecule has 1 atom stereocenters. The summed E-state index contributed by atoms with van der Waals surface area (Å²) in [7, 11) is 0. The predicted octanol–water partition coefficient (Wildman–Crippen LogP) is 0.925. The molecule has 0 aliphatic heterocycles. The zero-order valence-corrected chi connectivity index (χ0v) is 8.97. The first kappa shape index (κ1) is 13.0. The average Bonchev–Trinajstić information content (AvgIpc) is 2.15. The van der Waals surface area contributed by atoms with Crippen molar-refractivity contribution in [3.63, 3.8) is 0 Å². The van der Waals surface area contributed by atoms with Gasteiger partial charge in [-0.2, -0.15) is 0 Å². The number of hydrogen-bond acceptors (Lipinski definition) is 2. The van der Waals surface area contributed by atoms with Crippen LogP contribution in [0.1, 0.15) is 33.1 Å². The van der Waals surface area contributed by atoms with Gasteiger partial charge in [-0.15, -0.1) is 0 Å². The minimum atomic E-state index is -0.230. The third-order valence-corrected chi connectivity index (χ3v) is 2.02. The molecule has 0 saturated carbocycles. The van der Waals surface area contributed by atoms with Gasteiger partial charge in [0.1, 0.15) is 0 Å². The van der Waals surface area contributed by atoms with Gasteiger partial charge in [-0.05, 0) is 31.6 Å². The molecular formula is C11H19NO2. The summed E-state index contributed by atoms with van der Waals surface area (Å²) in [5.41, 5.74) is 0. The van der Waals surface area contributed by atoms with Crippen molar-refractivity contribution in [2.75, 3.05) is 13.2 Å². The molecule has 0 heterocycles. The fourth-order valence-corrected chi connectivity index (χ4v) is 1.33. The van der Waals surface area contributed by atoms with Gasteiger partial charge < -0.3 is 10.4 Å². The quantitative estimate of drug-likeness (QED) is 0.622. The Morgan fingerprint density at radius 2 is 2.21 bits per heavy atom. The van der Waals surface area contributed by atoms with Crippen LogP contribution in [0.4, 0.5) is 0 Å². The molecule has 0 bridgehead atoms. The zero-order valence-electron chi connectivity index (χ0n) is 8.97. The van der Waals surface area contributed by atoms with E-state index >= 15 is 0 Å². The van der Waals surface area contributed by atoms with E-state index in [0.29, 0.717) is 12.5 Å². The number of amides is 1. The van der Waals surface area contributed by atoms with Crippen LogP contribution in [0.2, 0.25) is 0 Å². The molecule has 0 aliphatic rings. The minimum absolute atomic E-state index is 0.181. The normalized spacial score (nSPS) is 11.4. The van der Waals surface area contributed by atoms with Gasteiger partial charge >= 0.3 is 0 Å². The number of aliphatic hydroxyl groups excluding tert-OH is 1. The standard InChI is InChI=1S/C11H19NO2/c1-3-5-10(7-8-13)9-12-11(14)6-4-2/h10,13H,3,5,7-9H2,1-2H3,(H,12,14). The van der Waals surface area contributed by atoms with Crippen LogP contribution < -0.4 is 5.32 Å². The van der Waals surface area contributed by atoms with Gasteiger partial charge in [-0.1, -0.05) is 19.3 Å². The van der Waals surface area contributed by atoms with Gasteiger partial charge in [0.15, 0.2) is 0 Å². The molecule has 0 fully saturated rings. The molecule has 3 nitrogen and oxygen atoms in total. The summed E-state index contributed by atoms with van der Waals surface area (Å²) in [5.74, 6) is 5.10. The van der Waals surface area contributed by atoms with E-state index in [1.807, 2.05) is 0 Å². The third-order valence-electron chi connectivity index (χ3n) is 2.02. The van der Waals surface area contributed by atoms with Crippen molar-refractivity contribution in [1.82, 2.24) is 5.32 Å². The van der Waals surface area contributed by atoms with E-state index < -0.39 is 0 Å². The van der Waals surface area contributed by atoms with Gasteiger partial charge in [-0.25, -0.2) is 0 Å². The summed E-state index contributed by atoms with van der Waals surface area (Å²) >= 11 is 0. The first-order chi connectivity index (χ1) is 6.74. The largest absolute Gasteiger partial charge is 0.396 e. The van der Waals surface area contributed by atoms with Crippen LogP contribution in [-0.4, -0.2) is 24.2 Å². The van der Waals surface area contributed by atoms with Crippen LogP contribution in [0.15, 0.2) is 0 Å². The summed E-state index contributed by atoms with van der Waals surface area (Å²) in [6.07, 6.45) is 2.84. The van der Waals surface area contributed by atoms with Crippen LogP contribution in [0, 0.1) is 17.8 Å². The van der Waals surface area contributed by atoms with E-state index in [1.165, 1.54) is 0 Å². The Hall–Kier alpha value is -1.01. The molecule has 14 heavy (non-hydrogen) atoms. The number of hydrogen-bond donors (Lipinski definition) is 2. The maximum atomic E-state index is 11.0. The molecule has 0 radical (unpaired) electrons. The summed E-state index contributed by atoms with van der Waals surface area (Å²) in [5, 5.41) is 11.5. The van der Waals surface area contributed by atoms with Gasteiger partial charge in [0.05, 0.1) is 0 Å². The summed E-state index contributed by atoms with van der Waals surface area (Å²) in [6, 6.07) is 0. The lowest BCUT2D eigenvalue weighted by atomic mass is 10.0. The maximum absolute atomic E-state index is 11.0. The van der Waals surface area contributed by atoms with E-state index in [0.717, 1.165) is 19.3 Å². The van der Waals surface area contributed by atoms with Gasteiger partial charge in [0.2, 0.25) is 0 Å². The van der Waals surface area contributed by atoms with Crippen LogP contribution in [0.3, 0.4) is 0 Å². The van der Waals surface area contributed by atoms with Crippen molar-refractivity contribution >= 4 is 5.91 Å². The molecule has 0 aromatic carbocycles. The lowest BCUT2D eigenvalue weighted by Gasteiger charge is -2.14. The fraction of sp³-hybridized carbons (Fsp3) is 0.727. The molecule has 1 amide bonds. The third kappa shape index (κ3) is 6.50. The van der Waals surface area contributed by atoms with Crippen molar-refractivity contribution in [1.29, 1.82) is 0 Å². The molecule has 0 aromatic heterocycles. The number of carbonyl (C=O) groups is 1. The zero-order chi connectivity index (χ0) is 10.8.